The van der Waals surface area contributed by atoms with E-state index < -0.39 is 0 Å². The van der Waals surface area contributed by atoms with Gasteiger partial charge in [0.1, 0.15) is 5.71 Å². The molecule has 0 unspecified atom stereocenters. The lowest BCUT2D eigenvalue weighted by atomic mass is 10.1. The molecule has 1 aliphatic heterocycles. The van der Waals surface area contributed by atoms with E-state index in [0.717, 1.165) is 11.1 Å². The Morgan fingerprint density at radius 1 is 1.15 bits per heavy atom. The number of likely N-dealkylation sites (N-methyl/N-ethyl adjacent to an activating group) is 2. The van der Waals surface area contributed by atoms with E-state index in [-0.39, 0.29) is 37.1 Å². The molecule has 1 aromatic carbocycles. The number of rotatable bonds is 6. The van der Waals surface area contributed by atoms with Crippen LogP contribution in [0.1, 0.15) is 37.8 Å². The number of hydrogen-bond donors (Lipinski definition) is 0. The van der Waals surface area contributed by atoms with E-state index >= 15 is 0 Å². The average molecular weight is 372 g/mol. The van der Waals surface area contributed by atoms with Crippen LogP contribution >= 0.6 is 0 Å². The maximum absolute atomic E-state index is 12.8. The third-order valence-corrected chi connectivity index (χ3v) is 4.71. The van der Waals surface area contributed by atoms with Crippen molar-refractivity contribution >= 4 is 29.1 Å². The summed E-state index contributed by atoms with van der Waals surface area (Å²) in [6.07, 6.45) is 0.499. The van der Waals surface area contributed by atoms with Gasteiger partial charge in [-0.2, -0.15) is 5.10 Å². The van der Waals surface area contributed by atoms with Gasteiger partial charge in [0.25, 0.3) is 5.91 Å². The van der Waals surface area contributed by atoms with E-state index in [1.54, 1.807) is 11.9 Å². The maximum Gasteiger partial charge on any atom is 0.270 e. The molecule has 0 saturated carbocycles. The van der Waals surface area contributed by atoms with E-state index in [9.17, 15) is 14.4 Å². The molecule has 2 rings (SSSR count). The molecule has 27 heavy (non-hydrogen) atoms. The van der Waals surface area contributed by atoms with Crippen LogP contribution in [-0.2, 0) is 14.4 Å². The van der Waals surface area contributed by atoms with Crippen LogP contribution in [0.4, 0.5) is 5.69 Å². The Morgan fingerprint density at radius 3 is 2.44 bits per heavy atom. The molecule has 0 atom stereocenters. The number of anilines is 1. The standard InChI is InChI=1S/C20H28N4O3/c1-6-23(7-2)19(26)13-22(5)20(27)16-10-11-18(25)24(21-16)17-12-14(3)8-9-15(17)4/h8-9,12H,6-7,10-11,13H2,1-5H3. The molecule has 0 spiro atoms. The number of hydrogen-bond acceptors (Lipinski definition) is 4. The number of benzene rings is 1. The molecular formula is C20H28N4O3. The van der Waals surface area contributed by atoms with Crippen molar-refractivity contribution in [3.63, 3.8) is 0 Å². The Hall–Kier alpha value is -2.70. The minimum absolute atomic E-state index is 0.00302. The van der Waals surface area contributed by atoms with Gasteiger partial charge in [-0.3, -0.25) is 14.4 Å². The van der Waals surface area contributed by atoms with Crippen molar-refractivity contribution in [2.75, 3.05) is 31.7 Å². The molecule has 0 bridgehead atoms. The number of aryl methyl sites for hydroxylation is 2. The third-order valence-electron chi connectivity index (χ3n) is 4.71. The highest BCUT2D eigenvalue weighted by Crippen LogP contribution is 2.25. The lowest BCUT2D eigenvalue weighted by Gasteiger charge is -2.27. The molecule has 0 fully saturated rings. The van der Waals surface area contributed by atoms with Gasteiger partial charge in [-0.1, -0.05) is 12.1 Å². The number of carbonyl (C=O) groups excluding carboxylic acids is 3. The predicted octanol–water partition coefficient (Wildman–Crippen LogP) is 2.11. The van der Waals surface area contributed by atoms with Crippen LogP contribution < -0.4 is 5.01 Å². The van der Waals surface area contributed by atoms with Crippen LogP contribution in [0.15, 0.2) is 23.3 Å². The molecule has 0 saturated heterocycles. The monoisotopic (exact) mass is 372 g/mol. The highest BCUT2D eigenvalue weighted by molar-refractivity contribution is 6.40. The lowest BCUT2D eigenvalue weighted by Crippen LogP contribution is -2.45. The Morgan fingerprint density at radius 2 is 1.81 bits per heavy atom. The van der Waals surface area contributed by atoms with E-state index in [2.05, 4.69) is 5.10 Å². The van der Waals surface area contributed by atoms with Gasteiger partial charge in [0.2, 0.25) is 11.8 Å². The second-order valence-electron chi connectivity index (χ2n) is 6.77. The summed E-state index contributed by atoms with van der Waals surface area (Å²) >= 11 is 0. The molecule has 7 nitrogen and oxygen atoms in total. The summed E-state index contributed by atoms with van der Waals surface area (Å²) in [6.45, 7) is 8.86. The predicted molar refractivity (Wildman–Crippen MR) is 106 cm³/mol. The number of nitrogens with zero attached hydrogens (tertiary/aromatic N) is 4. The molecule has 1 heterocycles. The maximum atomic E-state index is 12.8. The molecule has 1 aliphatic rings. The second kappa shape index (κ2) is 8.79. The second-order valence-corrected chi connectivity index (χ2v) is 6.77. The van der Waals surface area contributed by atoms with Crippen molar-refractivity contribution in [3.05, 3.63) is 29.3 Å². The fourth-order valence-corrected chi connectivity index (χ4v) is 3.01. The van der Waals surface area contributed by atoms with Crippen molar-refractivity contribution in [3.8, 4) is 0 Å². The van der Waals surface area contributed by atoms with E-state index in [1.165, 1.54) is 9.91 Å². The van der Waals surface area contributed by atoms with Gasteiger partial charge in [-0.05, 0) is 44.9 Å². The summed E-state index contributed by atoms with van der Waals surface area (Å²) in [5.41, 5.74) is 2.91. The molecule has 146 valence electrons. The third kappa shape index (κ3) is 4.72. The summed E-state index contributed by atoms with van der Waals surface area (Å²) in [4.78, 5) is 40.4. The Labute approximate surface area is 160 Å². The normalized spacial score (nSPS) is 14.0. The van der Waals surface area contributed by atoms with Gasteiger partial charge < -0.3 is 9.80 Å². The van der Waals surface area contributed by atoms with Crippen LogP contribution in [0.3, 0.4) is 0 Å². The van der Waals surface area contributed by atoms with Gasteiger partial charge in [0.15, 0.2) is 0 Å². The summed E-state index contributed by atoms with van der Waals surface area (Å²) in [7, 11) is 1.59. The first kappa shape index (κ1) is 20.6. The zero-order chi connectivity index (χ0) is 20.1. The van der Waals surface area contributed by atoms with Crippen molar-refractivity contribution < 1.29 is 14.4 Å². The quantitative estimate of drug-likeness (QED) is 0.768. The van der Waals surface area contributed by atoms with Crippen molar-refractivity contribution in [2.24, 2.45) is 5.10 Å². The minimum atomic E-state index is -0.321. The Balaban J connectivity index is 2.21. The SMILES string of the molecule is CCN(CC)C(=O)CN(C)C(=O)C1=NN(c2cc(C)ccc2C)C(=O)CC1. The van der Waals surface area contributed by atoms with E-state index in [4.69, 9.17) is 0 Å². The van der Waals surface area contributed by atoms with Crippen molar-refractivity contribution in [1.29, 1.82) is 0 Å². The van der Waals surface area contributed by atoms with Gasteiger partial charge in [0.05, 0.1) is 12.2 Å². The van der Waals surface area contributed by atoms with Crippen molar-refractivity contribution in [1.82, 2.24) is 9.80 Å². The minimum Gasteiger partial charge on any atom is -0.342 e. The smallest absolute Gasteiger partial charge is 0.270 e. The van der Waals surface area contributed by atoms with E-state index in [0.29, 0.717) is 24.5 Å². The van der Waals surface area contributed by atoms with Gasteiger partial charge in [-0.15, -0.1) is 0 Å². The summed E-state index contributed by atoms with van der Waals surface area (Å²) < 4.78 is 0. The first-order chi connectivity index (χ1) is 12.8. The summed E-state index contributed by atoms with van der Waals surface area (Å²) in [6, 6.07) is 5.78. The number of amides is 3. The first-order valence-electron chi connectivity index (χ1n) is 9.29. The van der Waals surface area contributed by atoms with Crippen LogP contribution in [0.5, 0.6) is 0 Å². The fourth-order valence-electron chi connectivity index (χ4n) is 3.01. The highest BCUT2D eigenvalue weighted by Gasteiger charge is 2.29. The topological polar surface area (TPSA) is 73.3 Å². The largest absolute Gasteiger partial charge is 0.342 e. The molecule has 1 aromatic rings. The van der Waals surface area contributed by atoms with Crippen LogP contribution in [-0.4, -0.2) is 59.9 Å². The summed E-state index contributed by atoms with van der Waals surface area (Å²) in [5.74, 6) is -0.560. The van der Waals surface area contributed by atoms with E-state index in [1.807, 2.05) is 45.9 Å². The number of carbonyl (C=O) groups is 3. The first-order valence-corrected chi connectivity index (χ1v) is 9.29. The molecule has 7 heteroatoms. The molecule has 0 N–H and O–H groups in total. The zero-order valence-electron chi connectivity index (χ0n) is 16.8. The van der Waals surface area contributed by atoms with Crippen molar-refractivity contribution in [2.45, 2.75) is 40.5 Å². The number of hydrazone groups is 1. The van der Waals surface area contributed by atoms with Gasteiger partial charge >= 0.3 is 0 Å². The van der Waals surface area contributed by atoms with Gasteiger partial charge in [-0.25, -0.2) is 5.01 Å². The van der Waals surface area contributed by atoms with Gasteiger partial charge in [0, 0.05) is 33.0 Å². The summed E-state index contributed by atoms with van der Waals surface area (Å²) in [5, 5.41) is 5.65. The lowest BCUT2D eigenvalue weighted by molar-refractivity contribution is -0.136. The average Bonchev–Trinajstić information content (AvgIpc) is 2.64. The van der Waals surface area contributed by atoms with Crippen LogP contribution in [0.2, 0.25) is 0 Å². The fraction of sp³-hybridized carbons (Fsp3) is 0.500. The van der Waals surface area contributed by atoms with Crippen LogP contribution in [0.25, 0.3) is 0 Å². The zero-order valence-corrected chi connectivity index (χ0v) is 16.8. The highest BCUT2D eigenvalue weighted by atomic mass is 16.2. The Kier molecular flexibility index (Phi) is 6.71. The molecule has 0 aromatic heterocycles. The molecule has 0 aliphatic carbocycles. The van der Waals surface area contributed by atoms with Crippen LogP contribution in [0, 0.1) is 13.8 Å². The molecule has 0 radical (unpaired) electrons. The Bertz CT molecular complexity index is 768. The molecular weight excluding hydrogens is 344 g/mol. The molecule has 3 amide bonds.